The molecule has 1 fully saturated rings. The first-order chi connectivity index (χ1) is 7.13. The van der Waals surface area contributed by atoms with Crippen LogP contribution < -0.4 is 5.73 Å². The lowest BCUT2D eigenvalue weighted by Gasteiger charge is -2.36. The van der Waals surface area contributed by atoms with Gasteiger partial charge in [-0.1, -0.05) is 0 Å². The van der Waals surface area contributed by atoms with Gasteiger partial charge in [0.15, 0.2) is 0 Å². The summed E-state index contributed by atoms with van der Waals surface area (Å²) in [7, 11) is 4.34. The van der Waals surface area contributed by atoms with E-state index < -0.39 is 0 Å². The lowest BCUT2D eigenvalue weighted by molar-refractivity contribution is 0.124. The summed E-state index contributed by atoms with van der Waals surface area (Å²) in [4.78, 5) is 4.91. The van der Waals surface area contributed by atoms with Crippen LogP contribution in [0.1, 0.15) is 26.2 Å². The van der Waals surface area contributed by atoms with E-state index >= 15 is 0 Å². The highest BCUT2D eigenvalue weighted by Crippen LogP contribution is 2.20. The van der Waals surface area contributed by atoms with E-state index in [4.69, 9.17) is 5.73 Å². The first kappa shape index (κ1) is 12.9. The molecule has 0 bridgehead atoms. The maximum Gasteiger partial charge on any atom is 0.00789 e. The van der Waals surface area contributed by atoms with E-state index in [0.29, 0.717) is 6.04 Å². The van der Waals surface area contributed by atoms with Crippen molar-refractivity contribution in [3.8, 4) is 0 Å². The largest absolute Gasteiger partial charge is 0.330 e. The van der Waals surface area contributed by atoms with Gasteiger partial charge in [0.25, 0.3) is 0 Å². The normalized spacial score (nSPS) is 22.2. The molecule has 2 N–H and O–H groups in total. The molecule has 0 aliphatic carbocycles. The summed E-state index contributed by atoms with van der Waals surface area (Å²) in [5, 5.41) is 0. The standard InChI is InChI=1S/C12H27N3/c1-11(4-7-13)15-8-5-12(6-9-15)10-14(2)3/h11-12H,4-10,13H2,1-3H3. The molecule has 0 radical (unpaired) electrons. The Balaban J connectivity index is 2.23. The van der Waals surface area contributed by atoms with Crippen molar-refractivity contribution in [2.45, 2.75) is 32.2 Å². The van der Waals surface area contributed by atoms with Crippen LogP contribution >= 0.6 is 0 Å². The van der Waals surface area contributed by atoms with E-state index in [2.05, 4.69) is 30.8 Å². The molecule has 0 aromatic rings. The van der Waals surface area contributed by atoms with Crippen molar-refractivity contribution < 1.29 is 0 Å². The van der Waals surface area contributed by atoms with Crippen molar-refractivity contribution in [3.05, 3.63) is 0 Å². The Morgan fingerprint density at radius 3 is 2.40 bits per heavy atom. The van der Waals surface area contributed by atoms with Crippen LogP contribution in [0.4, 0.5) is 0 Å². The molecule has 90 valence electrons. The molecule has 0 amide bonds. The molecule has 0 aromatic heterocycles. The number of hydrogen-bond acceptors (Lipinski definition) is 3. The van der Waals surface area contributed by atoms with Gasteiger partial charge < -0.3 is 15.5 Å². The van der Waals surface area contributed by atoms with Crippen LogP contribution in [0.5, 0.6) is 0 Å². The van der Waals surface area contributed by atoms with Crippen molar-refractivity contribution in [2.75, 3.05) is 40.3 Å². The van der Waals surface area contributed by atoms with E-state index in [1.54, 1.807) is 0 Å². The summed E-state index contributed by atoms with van der Waals surface area (Å²) in [5.41, 5.74) is 5.60. The number of hydrogen-bond donors (Lipinski definition) is 1. The summed E-state index contributed by atoms with van der Waals surface area (Å²) >= 11 is 0. The zero-order chi connectivity index (χ0) is 11.3. The van der Waals surface area contributed by atoms with E-state index in [9.17, 15) is 0 Å². The summed E-state index contributed by atoms with van der Waals surface area (Å²) in [6.07, 6.45) is 3.85. The quantitative estimate of drug-likeness (QED) is 0.739. The number of piperidine rings is 1. The molecule has 1 rings (SSSR count). The van der Waals surface area contributed by atoms with Gasteiger partial charge in [-0.15, -0.1) is 0 Å². The van der Waals surface area contributed by atoms with Crippen molar-refractivity contribution in [1.82, 2.24) is 9.80 Å². The monoisotopic (exact) mass is 213 g/mol. The fourth-order valence-electron chi connectivity index (χ4n) is 2.52. The highest BCUT2D eigenvalue weighted by Gasteiger charge is 2.22. The van der Waals surface area contributed by atoms with Crippen molar-refractivity contribution in [1.29, 1.82) is 0 Å². The molecule has 0 saturated carbocycles. The van der Waals surface area contributed by atoms with Crippen molar-refractivity contribution in [3.63, 3.8) is 0 Å². The Bertz CT molecular complexity index is 162. The SMILES string of the molecule is CC(CCN)N1CCC(CN(C)C)CC1. The van der Waals surface area contributed by atoms with Crippen LogP contribution in [0, 0.1) is 5.92 Å². The van der Waals surface area contributed by atoms with Crippen LogP contribution in [-0.2, 0) is 0 Å². The minimum absolute atomic E-state index is 0.676. The van der Waals surface area contributed by atoms with Gasteiger partial charge in [0, 0.05) is 12.6 Å². The topological polar surface area (TPSA) is 32.5 Å². The average Bonchev–Trinajstić information content (AvgIpc) is 2.18. The maximum absolute atomic E-state index is 5.60. The van der Waals surface area contributed by atoms with E-state index in [0.717, 1.165) is 18.9 Å². The molecule has 1 aliphatic rings. The first-order valence-corrected chi connectivity index (χ1v) is 6.22. The van der Waals surface area contributed by atoms with Gasteiger partial charge >= 0.3 is 0 Å². The number of likely N-dealkylation sites (tertiary alicyclic amines) is 1. The zero-order valence-electron chi connectivity index (χ0n) is 10.6. The molecular weight excluding hydrogens is 186 g/mol. The van der Waals surface area contributed by atoms with Gasteiger partial charge in [-0.05, 0) is 65.8 Å². The molecule has 3 nitrogen and oxygen atoms in total. The fraction of sp³-hybridized carbons (Fsp3) is 1.00. The molecule has 1 aliphatic heterocycles. The van der Waals surface area contributed by atoms with Crippen molar-refractivity contribution >= 4 is 0 Å². The Hall–Kier alpha value is -0.120. The zero-order valence-corrected chi connectivity index (χ0v) is 10.6. The molecule has 1 unspecified atom stereocenters. The maximum atomic E-state index is 5.60. The molecule has 0 aromatic carbocycles. The molecule has 0 spiro atoms. The van der Waals surface area contributed by atoms with Crippen LogP contribution in [0.2, 0.25) is 0 Å². The van der Waals surface area contributed by atoms with Crippen LogP contribution in [0.15, 0.2) is 0 Å². The molecule has 15 heavy (non-hydrogen) atoms. The van der Waals surface area contributed by atoms with E-state index in [-0.39, 0.29) is 0 Å². The van der Waals surface area contributed by atoms with Gasteiger partial charge in [0.05, 0.1) is 0 Å². The second-order valence-corrected chi connectivity index (χ2v) is 5.17. The number of rotatable bonds is 5. The minimum Gasteiger partial charge on any atom is -0.330 e. The fourth-order valence-corrected chi connectivity index (χ4v) is 2.52. The van der Waals surface area contributed by atoms with Crippen molar-refractivity contribution in [2.24, 2.45) is 11.7 Å². The molecule has 1 saturated heterocycles. The van der Waals surface area contributed by atoms with E-state index in [1.807, 2.05) is 0 Å². The summed E-state index contributed by atoms with van der Waals surface area (Å²) < 4.78 is 0. The first-order valence-electron chi connectivity index (χ1n) is 6.22. The second kappa shape index (κ2) is 6.46. The molecule has 3 heteroatoms. The number of nitrogens with two attached hydrogens (primary N) is 1. The third kappa shape index (κ3) is 4.49. The predicted octanol–water partition coefficient (Wildman–Crippen LogP) is 0.997. The third-order valence-corrected chi connectivity index (χ3v) is 3.48. The van der Waals surface area contributed by atoms with Gasteiger partial charge in [-0.25, -0.2) is 0 Å². The Kier molecular flexibility index (Phi) is 5.58. The van der Waals surface area contributed by atoms with Gasteiger partial charge in [0.1, 0.15) is 0 Å². The van der Waals surface area contributed by atoms with Gasteiger partial charge in [0.2, 0.25) is 0 Å². The smallest absolute Gasteiger partial charge is 0.00789 e. The highest BCUT2D eigenvalue weighted by molar-refractivity contribution is 4.77. The van der Waals surface area contributed by atoms with Gasteiger partial charge in [-0.3, -0.25) is 0 Å². The average molecular weight is 213 g/mol. The van der Waals surface area contributed by atoms with E-state index in [1.165, 1.54) is 32.5 Å². The van der Waals surface area contributed by atoms with Crippen LogP contribution in [0.25, 0.3) is 0 Å². The van der Waals surface area contributed by atoms with Crippen LogP contribution in [-0.4, -0.2) is 56.1 Å². The summed E-state index contributed by atoms with van der Waals surface area (Å²) in [6, 6.07) is 0.676. The Morgan fingerprint density at radius 1 is 1.33 bits per heavy atom. The lowest BCUT2D eigenvalue weighted by atomic mass is 9.95. The second-order valence-electron chi connectivity index (χ2n) is 5.17. The number of nitrogens with zero attached hydrogens (tertiary/aromatic N) is 2. The summed E-state index contributed by atoms with van der Waals surface area (Å²) in [5.74, 6) is 0.904. The molecular formula is C12H27N3. The predicted molar refractivity (Wildman–Crippen MR) is 66.0 cm³/mol. The minimum atomic E-state index is 0.676. The Labute approximate surface area is 94.6 Å². The molecule has 1 atom stereocenters. The lowest BCUT2D eigenvalue weighted by Crippen LogP contribution is -2.42. The third-order valence-electron chi connectivity index (χ3n) is 3.48. The van der Waals surface area contributed by atoms with Gasteiger partial charge in [-0.2, -0.15) is 0 Å². The van der Waals surface area contributed by atoms with Crippen LogP contribution in [0.3, 0.4) is 0 Å². The Morgan fingerprint density at radius 2 is 1.93 bits per heavy atom. The molecule has 1 heterocycles. The summed E-state index contributed by atoms with van der Waals surface area (Å²) in [6.45, 7) is 6.90. The highest BCUT2D eigenvalue weighted by atomic mass is 15.2.